The lowest BCUT2D eigenvalue weighted by Crippen LogP contribution is -2.54. The zero-order valence-electron chi connectivity index (χ0n) is 16.7. The Balaban J connectivity index is 1.84. The second-order valence-electron chi connectivity index (χ2n) is 7.86. The van der Waals surface area contributed by atoms with Crippen LogP contribution >= 0.6 is 11.6 Å². The van der Waals surface area contributed by atoms with Gasteiger partial charge in [0, 0.05) is 37.6 Å². The van der Waals surface area contributed by atoms with E-state index in [4.69, 9.17) is 11.6 Å². The number of rotatable bonds is 8. The lowest BCUT2D eigenvalue weighted by atomic mass is 10.0. The van der Waals surface area contributed by atoms with E-state index in [0.29, 0.717) is 23.8 Å². The molecule has 0 bridgehead atoms. The van der Waals surface area contributed by atoms with Crippen LogP contribution in [0.15, 0.2) is 24.3 Å². The summed E-state index contributed by atoms with van der Waals surface area (Å²) in [4.78, 5) is 29.4. The number of nitrogens with one attached hydrogen (secondary N) is 1. The predicted octanol–water partition coefficient (Wildman–Crippen LogP) is 2.97. The molecule has 1 saturated heterocycles. The molecule has 2 amide bonds. The Morgan fingerprint density at radius 2 is 1.89 bits per heavy atom. The van der Waals surface area contributed by atoms with Crippen LogP contribution in [0.2, 0.25) is 5.02 Å². The molecule has 0 saturated carbocycles. The summed E-state index contributed by atoms with van der Waals surface area (Å²) in [5.41, 5.74) is 1.13. The number of amides is 2. The predicted molar refractivity (Wildman–Crippen MR) is 110 cm³/mol. The number of piperazine rings is 1. The highest BCUT2D eigenvalue weighted by molar-refractivity contribution is 6.30. The molecular weight excluding hydrogens is 362 g/mol. The Labute approximate surface area is 168 Å². The van der Waals surface area contributed by atoms with Crippen molar-refractivity contribution in [2.75, 3.05) is 33.2 Å². The minimum Gasteiger partial charge on any atom is -0.344 e. The van der Waals surface area contributed by atoms with Gasteiger partial charge >= 0.3 is 0 Å². The van der Waals surface area contributed by atoms with Crippen LogP contribution in [0.4, 0.5) is 0 Å². The van der Waals surface area contributed by atoms with Crippen LogP contribution in [0.1, 0.15) is 38.7 Å². The van der Waals surface area contributed by atoms with Gasteiger partial charge in [-0.1, -0.05) is 37.6 Å². The van der Waals surface area contributed by atoms with Crippen molar-refractivity contribution in [3.05, 3.63) is 34.9 Å². The SMILES string of the molecule is CC(C)CC(NC(=O)CCCc1cccc(Cl)c1)C(=O)N1CCN(C)CC1. The minimum atomic E-state index is -0.424. The van der Waals surface area contributed by atoms with E-state index in [-0.39, 0.29) is 11.8 Å². The Morgan fingerprint density at radius 3 is 2.52 bits per heavy atom. The molecule has 150 valence electrons. The summed E-state index contributed by atoms with van der Waals surface area (Å²) in [5.74, 6) is 0.350. The molecule has 0 aliphatic carbocycles. The number of carbonyl (C=O) groups is 2. The van der Waals surface area contributed by atoms with Gasteiger partial charge in [0.1, 0.15) is 6.04 Å². The molecule has 1 aliphatic rings. The number of likely N-dealkylation sites (N-methyl/N-ethyl adjacent to an activating group) is 1. The van der Waals surface area contributed by atoms with E-state index in [1.54, 1.807) is 0 Å². The van der Waals surface area contributed by atoms with Crippen LogP contribution in [0.25, 0.3) is 0 Å². The first-order chi connectivity index (χ1) is 12.8. The average Bonchev–Trinajstić information content (AvgIpc) is 2.61. The second kappa shape index (κ2) is 10.7. The molecule has 0 spiro atoms. The number of aryl methyl sites for hydroxylation is 1. The maximum atomic E-state index is 12.9. The molecule has 1 N–H and O–H groups in total. The van der Waals surface area contributed by atoms with Gasteiger partial charge in [-0.2, -0.15) is 0 Å². The van der Waals surface area contributed by atoms with Crippen molar-refractivity contribution in [2.45, 2.75) is 45.6 Å². The van der Waals surface area contributed by atoms with E-state index in [2.05, 4.69) is 31.1 Å². The zero-order valence-corrected chi connectivity index (χ0v) is 17.5. The molecule has 1 aliphatic heterocycles. The van der Waals surface area contributed by atoms with Crippen molar-refractivity contribution in [1.82, 2.24) is 15.1 Å². The second-order valence-corrected chi connectivity index (χ2v) is 8.30. The van der Waals surface area contributed by atoms with Gasteiger partial charge in [-0.15, -0.1) is 0 Å². The molecule has 27 heavy (non-hydrogen) atoms. The van der Waals surface area contributed by atoms with Crippen LogP contribution in [0.5, 0.6) is 0 Å². The van der Waals surface area contributed by atoms with E-state index in [1.807, 2.05) is 29.2 Å². The minimum absolute atomic E-state index is 0.0508. The lowest BCUT2D eigenvalue weighted by Gasteiger charge is -2.35. The Hall–Kier alpha value is -1.59. The maximum absolute atomic E-state index is 12.9. The van der Waals surface area contributed by atoms with Gasteiger partial charge in [0.05, 0.1) is 0 Å². The van der Waals surface area contributed by atoms with Crippen molar-refractivity contribution >= 4 is 23.4 Å². The van der Waals surface area contributed by atoms with E-state index < -0.39 is 6.04 Å². The first kappa shape index (κ1) is 21.7. The third-order valence-corrected chi connectivity index (χ3v) is 5.15. The fourth-order valence-electron chi connectivity index (χ4n) is 3.35. The first-order valence-electron chi connectivity index (χ1n) is 9.86. The molecule has 1 heterocycles. The van der Waals surface area contributed by atoms with Gasteiger partial charge < -0.3 is 15.1 Å². The number of nitrogens with zero attached hydrogens (tertiary/aromatic N) is 2. The van der Waals surface area contributed by atoms with Crippen molar-refractivity contribution in [3.8, 4) is 0 Å². The third-order valence-electron chi connectivity index (χ3n) is 4.91. The number of carbonyl (C=O) groups excluding carboxylic acids is 2. The molecule has 5 nitrogen and oxygen atoms in total. The van der Waals surface area contributed by atoms with Crippen molar-refractivity contribution in [3.63, 3.8) is 0 Å². The van der Waals surface area contributed by atoms with E-state index in [0.717, 1.165) is 44.6 Å². The topological polar surface area (TPSA) is 52.7 Å². The van der Waals surface area contributed by atoms with Crippen LogP contribution in [-0.2, 0) is 16.0 Å². The molecule has 1 aromatic carbocycles. The van der Waals surface area contributed by atoms with Crippen molar-refractivity contribution in [2.24, 2.45) is 5.92 Å². The summed E-state index contributed by atoms with van der Waals surface area (Å²) >= 11 is 6.00. The summed E-state index contributed by atoms with van der Waals surface area (Å²) < 4.78 is 0. The number of halogens is 1. The number of benzene rings is 1. The Morgan fingerprint density at radius 1 is 1.19 bits per heavy atom. The highest BCUT2D eigenvalue weighted by Gasteiger charge is 2.28. The summed E-state index contributed by atoms with van der Waals surface area (Å²) in [6.07, 6.45) is 2.63. The Bertz CT molecular complexity index is 628. The maximum Gasteiger partial charge on any atom is 0.245 e. The molecule has 1 aromatic rings. The fourth-order valence-corrected chi connectivity index (χ4v) is 3.57. The number of hydrogen-bond acceptors (Lipinski definition) is 3. The molecule has 1 atom stereocenters. The van der Waals surface area contributed by atoms with E-state index in [1.165, 1.54) is 0 Å². The van der Waals surface area contributed by atoms with Crippen LogP contribution in [0, 0.1) is 5.92 Å². The van der Waals surface area contributed by atoms with Crippen LogP contribution in [0.3, 0.4) is 0 Å². The third kappa shape index (κ3) is 7.51. The number of hydrogen-bond donors (Lipinski definition) is 1. The normalized spacial score (nSPS) is 16.4. The smallest absolute Gasteiger partial charge is 0.245 e. The molecule has 2 rings (SSSR count). The lowest BCUT2D eigenvalue weighted by molar-refractivity contribution is -0.138. The van der Waals surface area contributed by atoms with E-state index >= 15 is 0 Å². The summed E-state index contributed by atoms with van der Waals surface area (Å²) in [5, 5.41) is 3.70. The largest absolute Gasteiger partial charge is 0.344 e. The van der Waals surface area contributed by atoms with Gasteiger partial charge in [0.2, 0.25) is 11.8 Å². The molecule has 0 aromatic heterocycles. The summed E-state index contributed by atoms with van der Waals surface area (Å²) in [6.45, 7) is 7.38. The van der Waals surface area contributed by atoms with Crippen LogP contribution < -0.4 is 5.32 Å². The Kier molecular flexibility index (Phi) is 8.58. The van der Waals surface area contributed by atoms with Crippen molar-refractivity contribution in [1.29, 1.82) is 0 Å². The van der Waals surface area contributed by atoms with E-state index in [9.17, 15) is 9.59 Å². The highest BCUT2D eigenvalue weighted by atomic mass is 35.5. The van der Waals surface area contributed by atoms with Crippen molar-refractivity contribution < 1.29 is 9.59 Å². The van der Waals surface area contributed by atoms with Gasteiger partial charge in [-0.05, 0) is 49.9 Å². The van der Waals surface area contributed by atoms with Gasteiger partial charge in [0.25, 0.3) is 0 Å². The fraction of sp³-hybridized carbons (Fsp3) is 0.619. The molecule has 1 fully saturated rings. The highest BCUT2D eigenvalue weighted by Crippen LogP contribution is 2.14. The zero-order chi connectivity index (χ0) is 19.8. The quantitative estimate of drug-likeness (QED) is 0.738. The summed E-state index contributed by atoms with van der Waals surface area (Å²) in [6, 6.07) is 7.29. The molecule has 1 unspecified atom stereocenters. The summed E-state index contributed by atoms with van der Waals surface area (Å²) in [7, 11) is 2.06. The standard InChI is InChI=1S/C21H32ClN3O2/c1-16(2)14-19(21(27)25-12-10-24(3)11-13-25)23-20(26)9-5-7-17-6-4-8-18(22)15-17/h4,6,8,15-16,19H,5,7,9-14H2,1-3H3,(H,23,26). The van der Waals surface area contributed by atoms with Gasteiger partial charge in [-0.25, -0.2) is 0 Å². The molecule has 6 heteroatoms. The monoisotopic (exact) mass is 393 g/mol. The molecular formula is C21H32ClN3O2. The molecule has 0 radical (unpaired) electrons. The van der Waals surface area contributed by atoms with Gasteiger partial charge in [0.15, 0.2) is 0 Å². The van der Waals surface area contributed by atoms with Gasteiger partial charge in [-0.3, -0.25) is 9.59 Å². The average molecular weight is 394 g/mol. The first-order valence-corrected chi connectivity index (χ1v) is 10.2. The van der Waals surface area contributed by atoms with Crippen LogP contribution in [-0.4, -0.2) is 60.9 Å².